The van der Waals surface area contributed by atoms with Crippen molar-refractivity contribution in [3.8, 4) is 0 Å². The average molecular weight is 350 g/mol. The number of likely N-dealkylation sites (tertiary alicyclic amines) is 1. The number of amides is 1. The van der Waals surface area contributed by atoms with Crippen molar-refractivity contribution in [2.45, 2.75) is 18.8 Å². The third-order valence-electron chi connectivity index (χ3n) is 4.94. The highest BCUT2D eigenvalue weighted by Crippen LogP contribution is 2.27. The fourth-order valence-electron chi connectivity index (χ4n) is 3.44. The molecule has 1 saturated heterocycles. The van der Waals surface area contributed by atoms with Gasteiger partial charge in [-0.2, -0.15) is 0 Å². The molecule has 7 heteroatoms. The van der Waals surface area contributed by atoms with Crippen molar-refractivity contribution in [2.75, 3.05) is 32.1 Å². The van der Waals surface area contributed by atoms with E-state index in [4.69, 9.17) is 0 Å². The van der Waals surface area contributed by atoms with E-state index in [0.29, 0.717) is 11.5 Å². The van der Waals surface area contributed by atoms with Gasteiger partial charge in [-0.05, 0) is 37.1 Å². The summed E-state index contributed by atoms with van der Waals surface area (Å²) in [6.07, 6.45) is 5.45. The van der Waals surface area contributed by atoms with Gasteiger partial charge >= 0.3 is 0 Å². The molecule has 0 bridgehead atoms. The van der Waals surface area contributed by atoms with Gasteiger partial charge in [-0.15, -0.1) is 10.2 Å². The smallest absolute Gasteiger partial charge is 0.255 e. The Balaban J connectivity index is 1.44. The molecule has 0 aliphatic carbocycles. The quantitative estimate of drug-likeness (QED) is 0.724. The lowest BCUT2D eigenvalue weighted by Crippen LogP contribution is -2.38. The summed E-state index contributed by atoms with van der Waals surface area (Å²) in [4.78, 5) is 20.9. The molecule has 1 aliphatic rings. The Labute approximate surface area is 152 Å². The van der Waals surface area contributed by atoms with E-state index < -0.39 is 0 Å². The van der Waals surface area contributed by atoms with Crippen LogP contribution in [-0.4, -0.2) is 57.6 Å². The van der Waals surface area contributed by atoms with Crippen molar-refractivity contribution in [1.29, 1.82) is 0 Å². The summed E-state index contributed by atoms with van der Waals surface area (Å²) in [5, 5.41) is 8.61. The van der Waals surface area contributed by atoms with Gasteiger partial charge in [0.2, 0.25) is 0 Å². The molecule has 4 rings (SSSR count). The highest BCUT2D eigenvalue weighted by Gasteiger charge is 2.27. The van der Waals surface area contributed by atoms with Gasteiger partial charge in [-0.3, -0.25) is 9.20 Å². The molecule has 7 nitrogen and oxygen atoms in total. The summed E-state index contributed by atoms with van der Waals surface area (Å²) in [7, 11) is 3.87. The molecule has 1 amide bonds. The van der Waals surface area contributed by atoms with Gasteiger partial charge < -0.3 is 9.80 Å². The lowest BCUT2D eigenvalue weighted by molar-refractivity contribution is 0.0710. The van der Waals surface area contributed by atoms with Crippen molar-refractivity contribution in [2.24, 2.45) is 0 Å². The number of pyridine rings is 2. The number of aromatic nitrogens is 4. The minimum atomic E-state index is 0.0485. The second-order valence-corrected chi connectivity index (χ2v) is 6.85. The van der Waals surface area contributed by atoms with Crippen LogP contribution in [0.15, 0.2) is 42.7 Å². The second-order valence-electron chi connectivity index (χ2n) is 6.85. The van der Waals surface area contributed by atoms with Gasteiger partial charge in [-0.25, -0.2) is 4.98 Å². The van der Waals surface area contributed by atoms with Crippen molar-refractivity contribution in [3.63, 3.8) is 0 Å². The summed E-state index contributed by atoms with van der Waals surface area (Å²) in [5.41, 5.74) is 1.51. The first-order valence-corrected chi connectivity index (χ1v) is 8.86. The predicted molar refractivity (Wildman–Crippen MR) is 99.4 cm³/mol. The van der Waals surface area contributed by atoms with Crippen LogP contribution in [-0.2, 0) is 0 Å². The number of hydrogen-bond acceptors (Lipinski definition) is 5. The maximum atomic E-state index is 12.7. The van der Waals surface area contributed by atoms with Crippen LogP contribution < -0.4 is 4.90 Å². The average Bonchev–Trinajstić information content (AvgIpc) is 3.12. The van der Waals surface area contributed by atoms with Crippen LogP contribution in [0, 0.1) is 0 Å². The maximum Gasteiger partial charge on any atom is 0.255 e. The van der Waals surface area contributed by atoms with Crippen LogP contribution in [0.5, 0.6) is 0 Å². The first-order chi connectivity index (χ1) is 12.6. The van der Waals surface area contributed by atoms with Gasteiger partial charge in [0.05, 0.1) is 5.56 Å². The van der Waals surface area contributed by atoms with Crippen LogP contribution in [0.1, 0.15) is 34.9 Å². The molecule has 3 aromatic heterocycles. The van der Waals surface area contributed by atoms with Crippen LogP contribution in [0.3, 0.4) is 0 Å². The van der Waals surface area contributed by atoms with E-state index in [2.05, 4.69) is 15.2 Å². The van der Waals surface area contributed by atoms with Gasteiger partial charge in [0.25, 0.3) is 5.91 Å². The number of carbonyl (C=O) groups excluding carboxylic acids is 1. The van der Waals surface area contributed by atoms with E-state index in [1.807, 2.05) is 64.8 Å². The van der Waals surface area contributed by atoms with E-state index in [1.165, 1.54) is 0 Å². The van der Waals surface area contributed by atoms with Crippen molar-refractivity contribution in [1.82, 2.24) is 24.5 Å². The Morgan fingerprint density at radius 3 is 2.62 bits per heavy atom. The van der Waals surface area contributed by atoms with Gasteiger partial charge in [-0.1, -0.05) is 6.07 Å². The first-order valence-electron chi connectivity index (χ1n) is 8.86. The molecule has 134 valence electrons. The zero-order valence-corrected chi connectivity index (χ0v) is 15.0. The Kier molecular flexibility index (Phi) is 4.28. The molecule has 0 unspecified atom stereocenters. The molecule has 0 radical (unpaired) electrons. The summed E-state index contributed by atoms with van der Waals surface area (Å²) >= 11 is 0. The van der Waals surface area contributed by atoms with Crippen LogP contribution in [0.25, 0.3) is 5.65 Å². The lowest BCUT2D eigenvalue weighted by Gasteiger charge is -2.31. The highest BCUT2D eigenvalue weighted by atomic mass is 16.2. The fourth-order valence-corrected chi connectivity index (χ4v) is 3.44. The fraction of sp³-hybridized carbons (Fsp3) is 0.368. The van der Waals surface area contributed by atoms with Crippen LogP contribution in [0.4, 0.5) is 5.82 Å². The molecule has 0 saturated carbocycles. The largest absolute Gasteiger partial charge is 0.363 e. The molecular formula is C19H22N6O. The molecule has 4 heterocycles. The summed E-state index contributed by atoms with van der Waals surface area (Å²) in [6.45, 7) is 1.45. The number of nitrogens with zero attached hydrogens (tertiary/aromatic N) is 6. The molecule has 1 aliphatic heterocycles. The number of piperidine rings is 1. The van der Waals surface area contributed by atoms with Gasteiger partial charge in [0, 0.05) is 45.5 Å². The molecular weight excluding hydrogens is 328 g/mol. The summed E-state index contributed by atoms with van der Waals surface area (Å²) in [5.74, 6) is 2.21. The number of fused-ring (bicyclic) bond motifs is 1. The maximum absolute atomic E-state index is 12.7. The van der Waals surface area contributed by atoms with Crippen molar-refractivity contribution >= 4 is 17.4 Å². The molecule has 1 fully saturated rings. The minimum absolute atomic E-state index is 0.0485. The number of rotatable bonds is 3. The van der Waals surface area contributed by atoms with Gasteiger partial charge in [0.1, 0.15) is 11.6 Å². The first kappa shape index (κ1) is 16.5. The van der Waals surface area contributed by atoms with E-state index >= 15 is 0 Å². The van der Waals surface area contributed by atoms with E-state index in [-0.39, 0.29) is 5.91 Å². The van der Waals surface area contributed by atoms with E-state index in [0.717, 1.165) is 43.2 Å². The number of carbonyl (C=O) groups is 1. The van der Waals surface area contributed by atoms with E-state index in [1.54, 1.807) is 6.20 Å². The topological polar surface area (TPSA) is 66.6 Å². The van der Waals surface area contributed by atoms with Crippen LogP contribution >= 0.6 is 0 Å². The zero-order chi connectivity index (χ0) is 18.1. The summed E-state index contributed by atoms with van der Waals surface area (Å²) in [6, 6.07) is 9.64. The normalized spacial score (nSPS) is 15.4. The summed E-state index contributed by atoms with van der Waals surface area (Å²) < 4.78 is 2.05. The predicted octanol–water partition coefficient (Wildman–Crippen LogP) is 2.21. The molecule has 26 heavy (non-hydrogen) atoms. The molecule has 0 spiro atoms. The Bertz CT molecular complexity index is 909. The van der Waals surface area contributed by atoms with Crippen molar-refractivity contribution < 1.29 is 4.79 Å². The minimum Gasteiger partial charge on any atom is -0.363 e. The van der Waals surface area contributed by atoms with Crippen LogP contribution in [0.2, 0.25) is 0 Å². The highest BCUT2D eigenvalue weighted by molar-refractivity contribution is 5.94. The number of hydrogen-bond donors (Lipinski definition) is 0. The molecule has 3 aromatic rings. The number of anilines is 1. The monoisotopic (exact) mass is 350 g/mol. The Hall–Kier alpha value is -2.96. The Morgan fingerprint density at radius 1 is 1.12 bits per heavy atom. The van der Waals surface area contributed by atoms with Crippen molar-refractivity contribution in [3.05, 3.63) is 54.1 Å². The zero-order valence-electron chi connectivity index (χ0n) is 15.0. The third kappa shape index (κ3) is 3.00. The van der Waals surface area contributed by atoms with E-state index in [9.17, 15) is 4.79 Å². The second kappa shape index (κ2) is 6.74. The lowest BCUT2D eigenvalue weighted by atomic mass is 9.95. The third-order valence-corrected chi connectivity index (χ3v) is 4.94. The van der Waals surface area contributed by atoms with Gasteiger partial charge in [0.15, 0.2) is 5.65 Å². The Morgan fingerprint density at radius 2 is 1.92 bits per heavy atom. The standard InChI is InChI=1S/C19H22N6O/c1-23(2)16-7-6-15(13-20-16)19(26)24-11-8-14(9-12-24)18-22-21-17-5-3-4-10-25(17)18/h3-7,10,13-14H,8-9,11-12H2,1-2H3. The molecule has 0 aromatic carbocycles. The molecule has 0 atom stereocenters. The SMILES string of the molecule is CN(C)c1ccc(C(=O)N2CCC(c3nnc4ccccn34)CC2)cn1. The molecule has 0 N–H and O–H groups in total.